The predicted octanol–water partition coefficient (Wildman–Crippen LogP) is 0.571. The number of hydrogen-bond donors (Lipinski definition) is 3. The van der Waals surface area contributed by atoms with Gasteiger partial charge in [0.1, 0.15) is 12.2 Å². The Morgan fingerprint density at radius 3 is 2.86 bits per heavy atom. The second kappa shape index (κ2) is 6.80. The normalized spacial score (nSPS) is 16.8. The average molecular weight is 293 g/mol. The number of nitrogens with one attached hydrogen (secondary N) is 1. The van der Waals surface area contributed by atoms with Crippen LogP contribution in [0.15, 0.2) is 18.2 Å². The van der Waals surface area contributed by atoms with E-state index in [2.05, 4.69) is 5.32 Å². The van der Waals surface area contributed by atoms with Crippen LogP contribution in [0.5, 0.6) is 0 Å². The molecule has 1 heterocycles. The molecule has 1 aromatic carbocycles. The second-order valence-corrected chi connectivity index (χ2v) is 5.09. The lowest BCUT2D eigenvalue weighted by Gasteiger charge is -2.24. The van der Waals surface area contributed by atoms with Crippen molar-refractivity contribution in [2.24, 2.45) is 0 Å². The summed E-state index contributed by atoms with van der Waals surface area (Å²) in [4.78, 5) is 23.4. The molecule has 3 N–H and O–H groups in total. The van der Waals surface area contributed by atoms with Crippen molar-refractivity contribution < 1.29 is 24.5 Å². The number of carbonyl (C=O) groups excluding carboxylic acids is 2. The minimum Gasteiger partial charge on any atom is -0.394 e. The van der Waals surface area contributed by atoms with Crippen LogP contribution in [-0.2, 0) is 20.7 Å². The SMILES string of the molecule is CC(=O)[C@H](OCC(O)CO)c1cccc2c1NC(=O)CC2. The standard InChI is InChI=1S/C15H19NO5/c1-9(18)15(21-8-11(19)7-17)12-4-2-3-10-5-6-13(20)16-14(10)12/h2-4,11,15,17,19H,5-8H2,1H3,(H,16,20)/t11?,15-/m0/s1. The van der Waals surface area contributed by atoms with Crippen LogP contribution in [0.25, 0.3) is 0 Å². The van der Waals surface area contributed by atoms with Gasteiger partial charge in [-0.1, -0.05) is 18.2 Å². The van der Waals surface area contributed by atoms with Crippen LogP contribution in [0.4, 0.5) is 5.69 Å². The van der Waals surface area contributed by atoms with Gasteiger partial charge in [-0.05, 0) is 18.9 Å². The third-order valence-electron chi connectivity index (χ3n) is 3.39. The number of para-hydroxylation sites is 1. The van der Waals surface area contributed by atoms with Crippen LogP contribution in [0.1, 0.15) is 30.6 Å². The molecule has 0 spiro atoms. The highest BCUT2D eigenvalue weighted by molar-refractivity contribution is 5.96. The molecule has 0 aliphatic carbocycles. The molecule has 0 aromatic heterocycles. The van der Waals surface area contributed by atoms with Crippen molar-refractivity contribution >= 4 is 17.4 Å². The zero-order valence-corrected chi connectivity index (χ0v) is 11.8. The molecular weight excluding hydrogens is 274 g/mol. The summed E-state index contributed by atoms with van der Waals surface area (Å²) in [6, 6.07) is 5.44. The quantitative estimate of drug-likeness (QED) is 0.712. The minimum atomic E-state index is -1.04. The number of aliphatic hydroxyl groups is 2. The predicted molar refractivity (Wildman–Crippen MR) is 75.9 cm³/mol. The lowest BCUT2D eigenvalue weighted by molar-refractivity contribution is -0.131. The van der Waals surface area contributed by atoms with E-state index < -0.39 is 18.8 Å². The van der Waals surface area contributed by atoms with Gasteiger partial charge in [0.05, 0.1) is 18.9 Å². The van der Waals surface area contributed by atoms with Crippen LogP contribution in [0.3, 0.4) is 0 Å². The Bertz CT molecular complexity index is 543. The molecule has 1 amide bonds. The first-order valence-corrected chi connectivity index (χ1v) is 6.85. The number of rotatable bonds is 6. The summed E-state index contributed by atoms with van der Waals surface area (Å²) in [5.41, 5.74) is 2.16. The maximum atomic E-state index is 11.8. The summed E-state index contributed by atoms with van der Waals surface area (Å²) >= 11 is 0. The molecule has 0 bridgehead atoms. The van der Waals surface area contributed by atoms with E-state index in [1.807, 2.05) is 12.1 Å². The maximum absolute atomic E-state index is 11.8. The first-order valence-electron chi connectivity index (χ1n) is 6.85. The summed E-state index contributed by atoms with van der Waals surface area (Å²) in [6.07, 6.45) is -0.870. The highest BCUT2D eigenvalue weighted by Crippen LogP contribution is 2.33. The molecule has 114 valence electrons. The number of benzene rings is 1. The molecule has 1 aliphatic heterocycles. The Morgan fingerprint density at radius 2 is 2.19 bits per heavy atom. The van der Waals surface area contributed by atoms with Crippen LogP contribution in [0.2, 0.25) is 0 Å². The molecular formula is C15H19NO5. The fraction of sp³-hybridized carbons (Fsp3) is 0.467. The van der Waals surface area contributed by atoms with Crippen molar-refractivity contribution in [1.29, 1.82) is 0 Å². The third-order valence-corrected chi connectivity index (χ3v) is 3.39. The van der Waals surface area contributed by atoms with Gasteiger partial charge in [0.15, 0.2) is 5.78 Å². The molecule has 0 saturated heterocycles. The van der Waals surface area contributed by atoms with Crippen molar-refractivity contribution in [1.82, 2.24) is 0 Å². The smallest absolute Gasteiger partial charge is 0.224 e. The molecule has 0 saturated carbocycles. The van der Waals surface area contributed by atoms with Crippen molar-refractivity contribution in [3.8, 4) is 0 Å². The van der Waals surface area contributed by atoms with Crippen molar-refractivity contribution in [3.05, 3.63) is 29.3 Å². The average Bonchev–Trinajstić information content (AvgIpc) is 2.47. The summed E-state index contributed by atoms with van der Waals surface area (Å²) < 4.78 is 5.43. The topological polar surface area (TPSA) is 95.9 Å². The van der Waals surface area contributed by atoms with Gasteiger partial charge in [-0.2, -0.15) is 0 Å². The second-order valence-electron chi connectivity index (χ2n) is 5.09. The summed E-state index contributed by atoms with van der Waals surface area (Å²) in [5.74, 6) is -0.319. The zero-order valence-electron chi connectivity index (χ0n) is 11.8. The lowest BCUT2D eigenvalue weighted by atomic mass is 9.95. The fourth-order valence-corrected chi connectivity index (χ4v) is 2.34. The summed E-state index contributed by atoms with van der Waals surface area (Å²) in [7, 11) is 0. The summed E-state index contributed by atoms with van der Waals surface area (Å²) in [6.45, 7) is 0.798. The molecule has 0 radical (unpaired) electrons. The lowest BCUT2D eigenvalue weighted by Crippen LogP contribution is -2.26. The Balaban J connectivity index is 2.28. The van der Waals surface area contributed by atoms with E-state index in [1.54, 1.807) is 6.07 Å². The van der Waals surface area contributed by atoms with E-state index in [1.165, 1.54) is 6.92 Å². The molecule has 1 aromatic rings. The number of hydrogen-bond acceptors (Lipinski definition) is 5. The number of fused-ring (bicyclic) bond motifs is 1. The number of amides is 1. The molecule has 1 unspecified atom stereocenters. The minimum absolute atomic E-state index is 0.0901. The van der Waals surface area contributed by atoms with Gasteiger partial charge >= 0.3 is 0 Å². The van der Waals surface area contributed by atoms with E-state index >= 15 is 0 Å². The number of ether oxygens (including phenoxy) is 1. The van der Waals surface area contributed by atoms with E-state index in [0.29, 0.717) is 24.1 Å². The molecule has 2 rings (SSSR count). The van der Waals surface area contributed by atoms with Crippen LogP contribution in [-0.4, -0.2) is 41.2 Å². The van der Waals surface area contributed by atoms with Crippen molar-refractivity contribution in [2.45, 2.75) is 32.0 Å². The number of carbonyl (C=O) groups is 2. The molecule has 2 atom stereocenters. The zero-order chi connectivity index (χ0) is 15.4. The third kappa shape index (κ3) is 3.66. The van der Waals surface area contributed by atoms with Gasteiger partial charge in [0, 0.05) is 12.0 Å². The van der Waals surface area contributed by atoms with Gasteiger partial charge in [-0.15, -0.1) is 0 Å². The number of aryl methyl sites for hydroxylation is 1. The van der Waals surface area contributed by atoms with Gasteiger partial charge in [-0.3, -0.25) is 9.59 Å². The molecule has 0 fully saturated rings. The Hall–Kier alpha value is -1.76. The van der Waals surface area contributed by atoms with Gasteiger partial charge in [-0.25, -0.2) is 0 Å². The number of Topliss-reactive ketones (excluding diaryl/α,β-unsaturated/α-hetero) is 1. The van der Waals surface area contributed by atoms with E-state index in [4.69, 9.17) is 9.84 Å². The molecule has 1 aliphatic rings. The Morgan fingerprint density at radius 1 is 1.43 bits per heavy atom. The number of ketones is 1. The van der Waals surface area contributed by atoms with E-state index in [0.717, 1.165) is 5.56 Å². The van der Waals surface area contributed by atoms with Crippen LogP contribution < -0.4 is 5.32 Å². The first kappa shape index (κ1) is 15.6. The first-order chi connectivity index (χ1) is 10.0. The van der Waals surface area contributed by atoms with E-state index in [9.17, 15) is 14.7 Å². The largest absolute Gasteiger partial charge is 0.394 e. The number of anilines is 1. The highest BCUT2D eigenvalue weighted by Gasteiger charge is 2.26. The fourth-order valence-electron chi connectivity index (χ4n) is 2.34. The molecule has 6 nitrogen and oxygen atoms in total. The maximum Gasteiger partial charge on any atom is 0.224 e. The van der Waals surface area contributed by atoms with Crippen LogP contribution >= 0.6 is 0 Å². The van der Waals surface area contributed by atoms with E-state index in [-0.39, 0.29) is 18.3 Å². The molecule has 6 heteroatoms. The Kier molecular flexibility index (Phi) is 5.06. The summed E-state index contributed by atoms with van der Waals surface area (Å²) in [5, 5.41) is 21.0. The van der Waals surface area contributed by atoms with Crippen molar-refractivity contribution in [2.75, 3.05) is 18.5 Å². The van der Waals surface area contributed by atoms with Crippen LogP contribution in [0, 0.1) is 0 Å². The molecule has 21 heavy (non-hydrogen) atoms. The van der Waals surface area contributed by atoms with Gasteiger partial charge < -0.3 is 20.3 Å². The van der Waals surface area contributed by atoms with Crippen molar-refractivity contribution in [3.63, 3.8) is 0 Å². The van der Waals surface area contributed by atoms with Gasteiger partial charge in [0.25, 0.3) is 0 Å². The monoisotopic (exact) mass is 293 g/mol. The van der Waals surface area contributed by atoms with Gasteiger partial charge in [0.2, 0.25) is 5.91 Å². The highest BCUT2D eigenvalue weighted by atomic mass is 16.5. The Labute approximate surface area is 122 Å². The number of aliphatic hydroxyl groups excluding tert-OH is 2.